The van der Waals surface area contributed by atoms with Crippen molar-refractivity contribution >= 4 is 0 Å². The number of hydrogen-bond donors (Lipinski definition) is 2. The molecule has 2 nitrogen and oxygen atoms in total. The smallest absolute Gasteiger partial charge is 0.392 e. The summed E-state index contributed by atoms with van der Waals surface area (Å²) in [6, 6.07) is 2.63. The molecule has 0 heterocycles. The Balaban J connectivity index is 2.11. The lowest BCUT2D eigenvalue weighted by Gasteiger charge is -2.49. The molecule has 1 fully saturated rings. The summed E-state index contributed by atoms with van der Waals surface area (Å²) in [6.45, 7) is 3.71. The largest absolute Gasteiger partial charge is 0.416 e. The van der Waals surface area contributed by atoms with Crippen molar-refractivity contribution in [2.75, 3.05) is 0 Å². The fourth-order valence-electron chi connectivity index (χ4n) is 2.45. The van der Waals surface area contributed by atoms with Crippen molar-refractivity contribution in [2.24, 2.45) is 5.41 Å². The van der Waals surface area contributed by atoms with Crippen molar-refractivity contribution in [1.29, 1.82) is 0 Å². The maximum atomic E-state index is 13.0. The molecule has 2 N–H and O–H groups in total. The molecule has 112 valence electrons. The zero-order valence-electron chi connectivity index (χ0n) is 11.3. The molecule has 2 atom stereocenters. The van der Waals surface area contributed by atoms with Gasteiger partial charge in [0.15, 0.2) is 0 Å². The Morgan fingerprint density at radius 3 is 2.50 bits per heavy atom. The average Bonchev–Trinajstić information content (AvgIpc) is 2.34. The molecule has 0 saturated heterocycles. The quantitative estimate of drug-likeness (QED) is 0.839. The van der Waals surface area contributed by atoms with Crippen molar-refractivity contribution in [3.05, 3.63) is 35.1 Å². The van der Waals surface area contributed by atoms with E-state index in [2.05, 4.69) is 5.32 Å². The number of aliphatic hydroxyl groups excluding tert-OH is 1. The molecule has 20 heavy (non-hydrogen) atoms. The van der Waals surface area contributed by atoms with Crippen molar-refractivity contribution in [1.82, 2.24) is 5.32 Å². The predicted octanol–water partition coefficient (Wildman–Crippen LogP) is 3.09. The molecule has 0 aromatic heterocycles. The highest BCUT2D eigenvalue weighted by atomic mass is 19.4. The lowest BCUT2D eigenvalue weighted by molar-refractivity contribution is -0.138. The molecule has 0 amide bonds. The van der Waals surface area contributed by atoms with Gasteiger partial charge in [0.25, 0.3) is 0 Å². The molecule has 0 radical (unpaired) electrons. The summed E-state index contributed by atoms with van der Waals surface area (Å²) in [4.78, 5) is 0. The fourth-order valence-corrected chi connectivity index (χ4v) is 2.45. The van der Waals surface area contributed by atoms with Gasteiger partial charge < -0.3 is 10.4 Å². The molecule has 1 aromatic rings. The van der Waals surface area contributed by atoms with Gasteiger partial charge in [0.2, 0.25) is 0 Å². The first kappa shape index (κ1) is 15.3. The number of halogens is 4. The Kier molecular flexibility index (Phi) is 3.81. The first-order valence-corrected chi connectivity index (χ1v) is 6.39. The summed E-state index contributed by atoms with van der Waals surface area (Å²) in [5.41, 5.74) is -1.31. The second kappa shape index (κ2) is 5.00. The molecule has 1 aromatic carbocycles. The standard InChI is InChI=1S/C14H17F4NO/c1-13(2)11(6-12(13)20)19-7-8-3-4-9(15)5-10(8)14(16,17)18/h3-5,11-12,19-20H,6-7H2,1-2H3. The van der Waals surface area contributed by atoms with E-state index in [9.17, 15) is 22.7 Å². The number of nitrogens with one attached hydrogen (secondary N) is 1. The molecule has 0 bridgehead atoms. The van der Waals surface area contributed by atoms with Crippen LogP contribution in [0.5, 0.6) is 0 Å². The van der Waals surface area contributed by atoms with Gasteiger partial charge in [0.05, 0.1) is 11.7 Å². The summed E-state index contributed by atoms with van der Waals surface area (Å²) in [5.74, 6) is -0.902. The minimum Gasteiger partial charge on any atom is -0.392 e. The highest BCUT2D eigenvalue weighted by molar-refractivity contribution is 5.30. The zero-order valence-corrected chi connectivity index (χ0v) is 11.3. The van der Waals surface area contributed by atoms with Crippen LogP contribution in [0.1, 0.15) is 31.4 Å². The molecular weight excluding hydrogens is 274 g/mol. The van der Waals surface area contributed by atoms with E-state index in [1.807, 2.05) is 13.8 Å². The zero-order chi connectivity index (χ0) is 15.1. The molecule has 0 aliphatic heterocycles. The second-order valence-corrected chi connectivity index (χ2v) is 5.81. The maximum Gasteiger partial charge on any atom is 0.416 e. The highest BCUT2D eigenvalue weighted by Gasteiger charge is 2.47. The molecule has 2 unspecified atom stereocenters. The van der Waals surface area contributed by atoms with E-state index < -0.39 is 23.7 Å². The summed E-state index contributed by atoms with van der Waals surface area (Å²) in [6.07, 6.45) is -4.51. The third-order valence-electron chi connectivity index (χ3n) is 4.13. The predicted molar refractivity (Wildman–Crippen MR) is 66.4 cm³/mol. The first-order chi connectivity index (χ1) is 9.12. The Bertz CT molecular complexity index is 498. The Hall–Kier alpha value is -1.14. The summed E-state index contributed by atoms with van der Waals surface area (Å²) >= 11 is 0. The van der Waals surface area contributed by atoms with E-state index in [4.69, 9.17) is 0 Å². The molecule has 2 rings (SSSR count). The number of aliphatic hydroxyl groups is 1. The monoisotopic (exact) mass is 291 g/mol. The van der Waals surface area contributed by atoms with Crippen molar-refractivity contribution < 1.29 is 22.7 Å². The second-order valence-electron chi connectivity index (χ2n) is 5.81. The molecular formula is C14H17F4NO. The Morgan fingerprint density at radius 2 is 2.00 bits per heavy atom. The van der Waals surface area contributed by atoms with E-state index in [-0.39, 0.29) is 23.6 Å². The van der Waals surface area contributed by atoms with Crippen molar-refractivity contribution in [3.63, 3.8) is 0 Å². The van der Waals surface area contributed by atoms with Gasteiger partial charge in [0.1, 0.15) is 5.82 Å². The number of rotatable bonds is 3. The number of alkyl halides is 3. The summed E-state index contributed by atoms with van der Waals surface area (Å²) < 4.78 is 51.5. The minimum absolute atomic E-state index is 0.00403. The van der Waals surface area contributed by atoms with E-state index in [0.717, 1.165) is 12.1 Å². The lowest BCUT2D eigenvalue weighted by atomic mass is 9.64. The van der Waals surface area contributed by atoms with Crippen LogP contribution < -0.4 is 5.32 Å². The maximum absolute atomic E-state index is 13.0. The van der Waals surface area contributed by atoms with E-state index in [1.54, 1.807) is 0 Å². The molecule has 1 aliphatic rings. The van der Waals surface area contributed by atoms with E-state index in [1.165, 1.54) is 0 Å². The Labute approximate surface area is 114 Å². The SMILES string of the molecule is CC1(C)C(O)CC1NCc1ccc(F)cc1C(F)(F)F. The normalized spacial score (nSPS) is 25.4. The van der Waals surface area contributed by atoms with Gasteiger partial charge in [-0.15, -0.1) is 0 Å². The first-order valence-electron chi connectivity index (χ1n) is 6.39. The fraction of sp³-hybridized carbons (Fsp3) is 0.571. The van der Waals surface area contributed by atoms with Crippen LogP contribution >= 0.6 is 0 Å². The van der Waals surface area contributed by atoms with E-state index in [0.29, 0.717) is 12.5 Å². The lowest BCUT2D eigenvalue weighted by Crippen LogP contribution is -2.59. The number of hydrogen-bond acceptors (Lipinski definition) is 2. The highest BCUT2D eigenvalue weighted by Crippen LogP contribution is 2.41. The third kappa shape index (κ3) is 2.81. The molecule has 1 aliphatic carbocycles. The summed E-state index contributed by atoms with van der Waals surface area (Å²) in [5, 5.41) is 12.6. The molecule has 0 spiro atoms. The topological polar surface area (TPSA) is 32.3 Å². The number of benzene rings is 1. The third-order valence-corrected chi connectivity index (χ3v) is 4.13. The van der Waals surface area contributed by atoms with Crippen LogP contribution in [0.3, 0.4) is 0 Å². The Morgan fingerprint density at radius 1 is 1.35 bits per heavy atom. The van der Waals surface area contributed by atoms with Gasteiger partial charge in [-0.05, 0) is 24.1 Å². The van der Waals surface area contributed by atoms with Crippen LogP contribution in [0, 0.1) is 11.2 Å². The van der Waals surface area contributed by atoms with Crippen LogP contribution in [0.4, 0.5) is 17.6 Å². The molecule has 6 heteroatoms. The van der Waals surface area contributed by atoms with Crippen LogP contribution in [-0.2, 0) is 12.7 Å². The van der Waals surface area contributed by atoms with Gasteiger partial charge in [-0.2, -0.15) is 13.2 Å². The van der Waals surface area contributed by atoms with Crippen LogP contribution in [0.15, 0.2) is 18.2 Å². The van der Waals surface area contributed by atoms with Crippen LogP contribution in [0.2, 0.25) is 0 Å². The summed E-state index contributed by atoms with van der Waals surface area (Å²) in [7, 11) is 0. The van der Waals surface area contributed by atoms with Crippen molar-refractivity contribution in [2.45, 2.75) is 45.1 Å². The van der Waals surface area contributed by atoms with Gasteiger partial charge in [0, 0.05) is 18.0 Å². The molecule has 1 saturated carbocycles. The van der Waals surface area contributed by atoms with E-state index >= 15 is 0 Å². The average molecular weight is 291 g/mol. The van der Waals surface area contributed by atoms with Gasteiger partial charge in [-0.1, -0.05) is 19.9 Å². The minimum atomic E-state index is -4.58. The van der Waals surface area contributed by atoms with Crippen LogP contribution in [0.25, 0.3) is 0 Å². The van der Waals surface area contributed by atoms with Gasteiger partial charge in [-0.25, -0.2) is 4.39 Å². The van der Waals surface area contributed by atoms with Crippen molar-refractivity contribution in [3.8, 4) is 0 Å². The van der Waals surface area contributed by atoms with Crippen LogP contribution in [-0.4, -0.2) is 17.3 Å². The van der Waals surface area contributed by atoms with Gasteiger partial charge >= 0.3 is 6.18 Å². The van der Waals surface area contributed by atoms with Gasteiger partial charge in [-0.3, -0.25) is 0 Å².